The Balaban J connectivity index is 1.72. The van der Waals surface area contributed by atoms with Crippen LogP contribution < -0.4 is 0 Å². The zero-order chi connectivity index (χ0) is 21.9. The van der Waals surface area contributed by atoms with Gasteiger partial charge in [0.15, 0.2) is 0 Å². The molecule has 0 N–H and O–H groups in total. The normalized spacial score (nSPS) is 45.4. The molecule has 1 spiro atoms. The number of allylic oxidation sites excluding steroid dienone is 1. The molecule has 166 valence electrons. The molecule has 0 aliphatic heterocycles. The van der Waals surface area contributed by atoms with Gasteiger partial charge < -0.3 is 9.47 Å². The highest BCUT2D eigenvalue weighted by Gasteiger charge is 2.68. The van der Waals surface area contributed by atoms with Crippen molar-refractivity contribution in [3.8, 4) is 0 Å². The SMILES string of the molecule is C=C1[C@@H]2CC[C@H]3[C@]4(C)CCC[C@@](C)(C(=O)OC)[C@H]4CC[C@]3(C2)[C@H]1OC(=O)/C(C)=C/C. The van der Waals surface area contributed by atoms with Crippen molar-refractivity contribution < 1.29 is 19.1 Å². The van der Waals surface area contributed by atoms with E-state index >= 15 is 0 Å². The average Bonchev–Trinajstić information content (AvgIpc) is 2.92. The quantitative estimate of drug-likeness (QED) is 0.342. The summed E-state index contributed by atoms with van der Waals surface area (Å²) >= 11 is 0. The molecule has 2 bridgehead atoms. The third kappa shape index (κ3) is 2.78. The lowest BCUT2D eigenvalue weighted by molar-refractivity contribution is -0.196. The maximum absolute atomic E-state index is 12.9. The topological polar surface area (TPSA) is 52.6 Å². The molecule has 0 saturated heterocycles. The molecule has 4 rings (SSSR count). The Bertz CT molecular complexity index is 797. The minimum atomic E-state index is -0.413. The highest BCUT2D eigenvalue weighted by atomic mass is 16.5. The van der Waals surface area contributed by atoms with Crippen LogP contribution >= 0.6 is 0 Å². The molecular formula is C26H38O4. The van der Waals surface area contributed by atoms with Crippen molar-refractivity contribution in [2.75, 3.05) is 7.11 Å². The first-order chi connectivity index (χ1) is 14.1. The first-order valence-electron chi connectivity index (χ1n) is 11.7. The number of ether oxygens (including phenoxy) is 2. The number of hydrogen-bond acceptors (Lipinski definition) is 4. The molecule has 0 radical (unpaired) electrons. The van der Waals surface area contributed by atoms with Gasteiger partial charge in [-0.15, -0.1) is 0 Å². The van der Waals surface area contributed by atoms with Crippen molar-refractivity contribution in [1.29, 1.82) is 0 Å². The number of fused-ring (bicyclic) bond motifs is 3. The van der Waals surface area contributed by atoms with E-state index in [-0.39, 0.29) is 28.9 Å². The number of esters is 2. The van der Waals surface area contributed by atoms with Crippen LogP contribution in [-0.4, -0.2) is 25.2 Å². The van der Waals surface area contributed by atoms with Gasteiger partial charge in [0.1, 0.15) is 6.10 Å². The summed E-state index contributed by atoms with van der Waals surface area (Å²) < 4.78 is 11.5. The summed E-state index contributed by atoms with van der Waals surface area (Å²) in [5, 5.41) is 0. The molecule has 4 aliphatic rings. The fourth-order valence-corrected chi connectivity index (χ4v) is 8.32. The van der Waals surface area contributed by atoms with Gasteiger partial charge in [-0.1, -0.05) is 26.0 Å². The number of carbonyl (C=O) groups excluding carboxylic acids is 2. The van der Waals surface area contributed by atoms with Crippen LogP contribution in [0.25, 0.3) is 0 Å². The van der Waals surface area contributed by atoms with E-state index in [4.69, 9.17) is 9.47 Å². The fraction of sp³-hybridized carbons (Fsp3) is 0.769. The second kappa shape index (κ2) is 7.24. The number of rotatable bonds is 3. The molecule has 0 amide bonds. The van der Waals surface area contributed by atoms with Gasteiger partial charge in [0.25, 0.3) is 0 Å². The minimum absolute atomic E-state index is 0.0245. The summed E-state index contributed by atoms with van der Waals surface area (Å²) in [7, 11) is 1.52. The van der Waals surface area contributed by atoms with Crippen molar-refractivity contribution >= 4 is 11.9 Å². The van der Waals surface area contributed by atoms with E-state index in [9.17, 15) is 9.59 Å². The lowest BCUT2D eigenvalue weighted by Gasteiger charge is -2.64. The van der Waals surface area contributed by atoms with Crippen LogP contribution in [0.2, 0.25) is 0 Å². The van der Waals surface area contributed by atoms with Crippen molar-refractivity contribution in [2.24, 2.45) is 34.0 Å². The van der Waals surface area contributed by atoms with Gasteiger partial charge in [0.05, 0.1) is 12.5 Å². The Labute approximate surface area is 181 Å². The van der Waals surface area contributed by atoms with E-state index in [1.807, 2.05) is 19.9 Å². The summed E-state index contributed by atoms with van der Waals surface area (Å²) in [5.41, 5.74) is 1.42. The minimum Gasteiger partial charge on any atom is -0.469 e. The van der Waals surface area contributed by atoms with E-state index < -0.39 is 5.41 Å². The summed E-state index contributed by atoms with van der Waals surface area (Å²) in [5.74, 6) is 0.971. The number of hydrogen-bond donors (Lipinski definition) is 0. The lowest BCUT2D eigenvalue weighted by atomic mass is 9.40. The molecule has 0 aromatic heterocycles. The van der Waals surface area contributed by atoms with Gasteiger partial charge in [-0.3, -0.25) is 4.79 Å². The smallest absolute Gasteiger partial charge is 0.333 e. The molecule has 0 heterocycles. The van der Waals surface area contributed by atoms with E-state index in [1.54, 1.807) is 0 Å². The maximum atomic E-state index is 12.9. The van der Waals surface area contributed by atoms with Gasteiger partial charge in [-0.05, 0) is 94.5 Å². The van der Waals surface area contributed by atoms with Crippen LogP contribution in [0, 0.1) is 34.0 Å². The molecule has 0 aromatic carbocycles. The maximum Gasteiger partial charge on any atom is 0.333 e. The van der Waals surface area contributed by atoms with Crippen LogP contribution in [0.3, 0.4) is 0 Å². The number of carbonyl (C=O) groups is 2. The predicted octanol–water partition coefficient (Wildman–Crippen LogP) is 5.62. The highest BCUT2D eigenvalue weighted by molar-refractivity contribution is 5.88. The Kier molecular flexibility index (Phi) is 5.22. The molecular weight excluding hydrogens is 376 g/mol. The highest BCUT2D eigenvalue weighted by Crippen LogP contribution is 2.72. The molecule has 4 saturated carbocycles. The molecule has 4 aliphatic carbocycles. The van der Waals surface area contributed by atoms with Gasteiger partial charge >= 0.3 is 11.9 Å². The zero-order valence-corrected chi connectivity index (χ0v) is 19.4. The van der Waals surface area contributed by atoms with Gasteiger partial charge in [-0.2, -0.15) is 0 Å². The molecule has 0 aromatic rings. The summed E-state index contributed by atoms with van der Waals surface area (Å²) in [6, 6.07) is 0. The van der Waals surface area contributed by atoms with Crippen LogP contribution in [0.4, 0.5) is 0 Å². The third-order valence-corrected chi connectivity index (χ3v) is 9.81. The van der Waals surface area contributed by atoms with Crippen LogP contribution in [-0.2, 0) is 19.1 Å². The Hall–Kier alpha value is -1.58. The molecule has 4 nitrogen and oxygen atoms in total. The largest absolute Gasteiger partial charge is 0.469 e. The van der Waals surface area contributed by atoms with Crippen LogP contribution in [0.15, 0.2) is 23.8 Å². The second-order valence-electron chi connectivity index (χ2n) is 11.0. The average molecular weight is 415 g/mol. The molecule has 4 heteroatoms. The molecule has 0 unspecified atom stereocenters. The van der Waals surface area contributed by atoms with Crippen molar-refractivity contribution in [3.05, 3.63) is 23.8 Å². The lowest BCUT2D eigenvalue weighted by Crippen LogP contribution is -2.60. The summed E-state index contributed by atoms with van der Waals surface area (Å²) in [6.07, 6.45) is 10.1. The van der Waals surface area contributed by atoms with Crippen LogP contribution in [0.1, 0.15) is 79.1 Å². The molecule has 4 fully saturated rings. The Morgan fingerprint density at radius 2 is 1.83 bits per heavy atom. The van der Waals surface area contributed by atoms with E-state index in [0.29, 0.717) is 23.3 Å². The molecule has 7 atom stereocenters. The third-order valence-electron chi connectivity index (χ3n) is 9.81. The number of methoxy groups -OCH3 is 1. The van der Waals surface area contributed by atoms with E-state index in [0.717, 1.165) is 56.9 Å². The zero-order valence-electron chi connectivity index (χ0n) is 19.4. The van der Waals surface area contributed by atoms with E-state index in [1.165, 1.54) is 7.11 Å². The van der Waals surface area contributed by atoms with Gasteiger partial charge in [-0.25, -0.2) is 4.79 Å². The summed E-state index contributed by atoms with van der Waals surface area (Å²) in [6.45, 7) is 12.7. The first kappa shape index (κ1) is 21.6. The standard InChI is InChI=1S/C26H38O4/c1-7-16(2)22(27)30-21-17(3)18-9-10-20-24(4)12-8-13-25(5,23(28)29-6)19(24)11-14-26(20,21)15-18/h7,18-21H,3,8-15H2,1-2,4-6H3/b16-7+/t18-,19+,20+,21+,24-,25-,26-/m1/s1. The predicted molar refractivity (Wildman–Crippen MR) is 117 cm³/mol. The van der Waals surface area contributed by atoms with E-state index in [2.05, 4.69) is 20.4 Å². The second-order valence-corrected chi connectivity index (χ2v) is 11.0. The van der Waals surface area contributed by atoms with Crippen molar-refractivity contribution in [3.63, 3.8) is 0 Å². The first-order valence-corrected chi connectivity index (χ1v) is 11.7. The van der Waals surface area contributed by atoms with Gasteiger partial charge in [0, 0.05) is 11.0 Å². The summed E-state index contributed by atoms with van der Waals surface area (Å²) in [4.78, 5) is 25.6. The molecule has 30 heavy (non-hydrogen) atoms. The van der Waals surface area contributed by atoms with Crippen molar-refractivity contribution in [1.82, 2.24) is 0 Å². The van der Waals surface area contributed by atoms with Crippen molar-refractivity contribution in [2.45, 2.75) is 85.2 Å². The monoisotopic (exact) mass is 414 g/mol. The van der Waals surface area contributed by atoms with Gasteiger partial charge in [0.2, 0.25) is 0 Å². The Morgan fingerprint density at radius 1 is 1.10 bits per heavy atom. The fourth-order valence-electron chi connectivity index (χ4n) is 8.32. The Morgan fingerprint density at radius 3 is 2.50 bits per heavy atom. The van der Waals surface area contributed by atoms with Crippen LogP contribution in [0.5, 0.6) is 0 Å².